The highest BCUT2D eigenvalue weighted by Gasteiger charge is 2.58. The molecule has 488 valence electrons. The Kier molecular flexibility index (Phi) is 24.6. The molecule has 0 unspecified atom stereocenters. The molecule has 0 saturated carbocycles. The van der Waals surface area contributed by atoms with Crippen LogP contribution in [0.15, 0.2) is 0 Å². The molecule has 38 heteroatoms. The van der Waals surface area contributed by atoms with Gasteiger partial charge in [-0.2, -0.15) is 0 Å². The van der Waals surface area contributed by atoms with E-state index in [9.17, 15) is 117 Å². The molecular weight excluding hydrogens is 1160 g/mol. The Hall–Kier alpha value is -2.42. The molecule has 23 N–H and O–H groups in total. The maximum Gasteiger partial charge on any atom is 0.217 e. The molecular formula is C46H78N2O36. The van der Waals surface area contributed by atoms with Crippen molar-refractivity contribution >= 4 is 11.8 Å². The fourth-order valence-electron chi connectivity index (χ4n) is 10.6. The molecule has 0 aliphatic carbocycles. The van der Waals surface area contributed by atoms with Crippen molar-refractivity contribution in [3.05, 3.63) is 0 Å². The van der Waals surface area contributed by atoms with Crippen LogP contribution in [0.5, 0.6) is 0 Å². The monoisotopic (exact) mass is 1230 g/mol. The lowest BCUT2D eigenvalue weighted by molar-refractivity contribution is -0.384. The van der Waals surface area contributed by atoms with Gasteiger partial charge in [0.15, 0.2) is 44.0 Å². The highest BCUT2D eigenvalue weighted by atomic mass is 16.8. The Balaban J connectivity index is 1.06. The van der Waals surface area contributed by atoms with Crippen LogP contribution in [0.4, 0.5) is 0 Å². The quantitative estimate of drug-likeness (QED) is 0.0507. The van der Waals surface area contributed by atoms with E-state index in [1.165, 1.54) is 0 Å². The largest absolute Gasteiger partial charge is 0.394 e. The molecule has 0 aromatic rings. The summed E-state index contributed by atoms with van der Waals surface area (Å²) in [4.78, 5) is 24.4. The summed E-state index contributed by atoms with van der Waals surface area (Å²) in [6, 6.07) is -3.26. The van der Waals surface area contributed by atoms with E-state index in [2.05, 4.69) is 10.6 Å². The Labute approximate surface area is 475 Å². The van der Waals surface area contributed by atoms with Crippen LogP contribution in [-0.2, 0) is 71.2 Å². The van der Waals surface area contributed by atoms with Gasteiger partial charge in [0.1, 0.15) is 171 Å². The average molecular weight is 1240 g/mol. The molecule has 0 radical (unpaired) electrons. The van der Waals surface area contributed by atoms with Gasteiger partial charge in [-0.3, -0.25) is 9.59 Å². The molecule has 2 amide bonds. The first kappa shape index (κ1) is 69.1. The van der Waals surface area contributed by atoms with Crippen LogP contribution in [-0.4, -0.2) is 380 Å². The lowest BCUT2D eigenvalue weighted by atomic mass is 9.94. The molecule has 7 saturated heterocycles. The number of aliphatic hydroxyl groups is 21. The van der Waals surface area contributed by atoms with Crippen LogP contribution in [0.1, 0.15) is 13.8 Å². The summed E-state index contributed by atoms with van der Waals surface area (Å²) in [5.74, 6) is -1.54. The minimum atomic E-state index is -2.27. The molecule has 0 spiro atoms. The van der Waals surface area contributed by atoms with Crippen LogP contribution in [0.25, 0.3) is 0 Å². The van der Waals surface area contributed by atoms with E-state index in [4.69, 9.17) is 61.6 Å². The van der Waals surface area contributed by atoms with E-state index >= 15 is 0 Å². The van der Waals surface area contributed by atoms with Gasteiger partial charge in [-0.1, -0.05) is 0 Å². The van der Waals surface area contributed by atoms with E-state index in [1.807, 2.05) is 0 Å². The van der Waals surface area contributed by atoms with Gasteiger partial charge in [0.25, 0.3) is 0 Å². The molecule has 7 heterocycles. The van der Waals surface area contributed by atoms with E-state index in [0.717, 1.165) is 13.8 Å². The third-order valence-electron chi connectivity index (χ3n) is 15.3. The number of carbonyl (C=O) groups is 2. The van der Waals surface area contributed by atoms with Crippen molar-refractivity contribution in [1.82, 2.24) is 10.6 Å². The second-order valence-electron chi connectivity index (χ2n) is 21.1. The predicted molar refractivity (Wildman–Crippen MR) is 255 cm³/mol. The van der Waals surface area contributed by atoms with Gasteiger partial charge in [0.05, 0.1) is 46.2 Å². The number of hydrogen-bond donors (Lipinski definition) is 23. The fourth-order valence-corrected chi connectivity index (χ4v) is 10.6. The number of aliphatic hydroxyl groups excluding tert-OH is 21. The summed E-state index contributed by atoms with van der Waals surface area (Å²) in [6.45, 7) is -4.57. The number of hydrogen-bond acceptors (Lipinski definition) is 36. The summed E-state index contributed by atoms with van der Waals surface area (Å²) in [7, 11) is 0. The van der Waals surface area contributed by atoms with Crippen LogP contribution in [0.2, 0.25) is 0 Å². The molecule has 7 rings (SSSR count). The number of ether oxygens (including phenoxy) is 13. The predicted octanol–water partition coefficient (Wildman–Crippen LogP) is -16.0. The summed E-state index contributed by atoms with van der Waals surface area (Å²) in [6.07, 6.45) is -64.0. The van der Waals surface area contributed by atoms with Gasteiger partial charge in [-0.05, 0) is 0 Å². The topological polar surface area (TPSA) is 603 Å². The van der Waals surface area contributed by atoms with Crippen LogP contribution in [0.3, 0.4) is 0 Å². The van der Waals surface area contributed by atoms with Crippen molar-refractivity contribution in [2.75, 3.05) is 46.2 Å². The molecule has 0 aromatic carbocycles. The van der Waals surface area contributed by atoms with Gasteiger partial charge in [-0.25, -0.2) is 0 Å². The van der Waals surface area contributed by atoms with Crippen LogP contribution < -0.4 is 10.6 Å². The first-order chi connectivity index (χ1) is 39.7. The van der Waals surface area contributed by atoms with Crippen molar-refractivity contribution < 1.29 is 178 Å². The summed E-state index contributed by atoms with van der Waals surface area (Å²) >= 11 is 0. The molecule has 0 bridgehead atoms. The van der Waals surface area contributed by atoms with Crippen molar-refractivity contribution in [3.8, 4) is 0 Å². The van der Waals surface area contributed by atoms with E-state index < -0.39 is 273 Å². The zero-order valence-corrected chi connectivity index (χ0v) is 44.7. The van der Waals surface area contributed by atoms with Gasteiger partial charge in [-0.15, -0.1) is 0 Å². The molecule has 35 atom stereocenters. The number of nitrogens with one attached hydrogen (secondary N) is 2. The van der Waals surface area contributed by atoms with Gasteiger partial charge < -0.3 is 179 Å². The minimum absolute atomic E-state index is 0.717. The van der Waals surface area contributed by atoms with Gasteiger partial charge >= 0.3 is 0 Å². The van der Waals surface area contributed by atoms with Crippen LogP contribution >= 0.6 is 0 Å². The number of rotatable bonds is 21. The zero-order chi connectivity index (χ0) is 61.9. The van der Waals surface area contributed by atoms with Gasteiger partial charge in [0.2, 0.25) is 11.8 Å². The standard InChI is InChI=1S/C46H78N2O36/c1-10(54)47-19-26(61)36(15(6-52)74-40(19)71)81-41-20(48-11(2)55)27(62)37(16(7-53)78-41)82-46-35(70)38(24(59)14(5-51)77-46)83-45-33(68)30(65)23(58)17(80-45)8-73-43-34(69)39(84-44-32(67)29(64)22(57)13(4-50)76-44)25(60)18(79-43)9-72-42-31(66)28(63)21(56)12(3-49)75-42/h12-46,49-53,56-71H,3-9H2,1-2H3,(H,47,54)(H,48,55)/t12-,13-,14-,15-,16-,17-,18-,19-,20-,21-,22-,23-,24-,25-,26-,27-,28+,29+,30+,31+,32+,33+,34+,35+,36-,37-,38+,39+,40-,41+,42+,43+,44-,45-,46+/m1/s1. The minimum Gasteiger partial charge on any atom is -0.394 e. The summed E-state index contributed by atoms with van der Waals surface area (Å²) < 4.78 is 73.7. The smallest absolute Gasteiger partial charge is 0.217 e. The average Bonchev–Trinajstić information content (AvgIpc) is 3.62. The molecule has 7 aliphatic heterocycles. The third kappa shape index (κ3) is 14.9. The number of carbonyl (C=O) groups excluding carboxylic acids is 2. The Morgan fingerprint density at radius 2 is 0.607 bits per heavy atom. The maximum atomic E-state index is 12.5. The highest BCUT2D eigenvalue weighted by molar-refractivity contribution is 5.73. The Bertz CT molecular complexity index is 2060. The molecule has 7 aliphatic rings. The first-order valence-corrected chi connectivity index (χ1v) is 26.6. The van der Waals surface area contributed by atoms with Crippen molar-refractivity contribution in [3.63, 3.8) is 0 Å². The molecule has 0 aromatic heterocycles. The van der Waals surface area contributed by atoms with Gasteiger partial charge in [0, 0.05) is 13.8 Å². The normalized spacial score (nSPS) is 50.3. The van der Waals surface area contributed by atoms with E-state index in [1.54, 1.807) is 0 Å². The van der Waals surface area contributed by atoms with E-state index in [0.29, 0.717) is 0 Å². The second-order valence-corrected chi connectivity index (χ2v) is 21.1. The van der Waals surface area contributed by atoms with Crippen molar-refractivity contribution in [2.24, 2.45) is 0 Å². The molecule has 84 heavy (non-hydrogen) atoms. The lowest BCUT2D eigenvalue weighted by Gasteiger charge is -2.50. The lowest BCUT2D eigenvalue weighted by Crippen LogP contribution is -2.70. The number of amides is 2. The second kappa shape index (κ2) is 29.9. The third-order valence-corrected chi connectivity index (χ3v) is 15.3. The van der Waals surface area contributed by atoms with Crippen molar-refractivity contribution in [1.29, 1.82) is 0 Å². The molecule has 7 fully saturated rings. The Morgan fingerprint density at radius 3 is 1.08 bits per heavy atom. The highest BCUT2D eigenvalue weighted by Crippen LogP contribution is 2.36. The van der Waals surface area contributed by atoms with Crippen LogP contribution in [0, 0.1) is 0 Å². The Morgan fingerprint density at radius 1 is 0.310 bits per heavy atom. The van der Waals surface area contributed by atoms with E-state index in [-0.39, 0.29) is 0 Å². The SMILES string of the molecule is CC(=O)N[C@@H]1[C@@H](O)[C@H](O[C@@H]2O[C@H](CO)[C@@H](O[C@@H]3O[C@H](CO)[C@@H](O)[C@H](O[C@H]4O[C@H](CO[C@H]5O[C@H](CO[C@H]6O[C@H](CO)[C@@H](O)[C@H](O)[C@@H]6O)[C@@H](O)[C@H](O[C@H]6O[C@H](CO)[C@@H](O)[C@H](O)[C@@H]6O)[C@@H]5O)[C@@H](O)[C@H](O)[C@@H]4O)[C@@H]3O)[C@H](O)[C@H]2NC(C)=O)[C@@H](CO)O[C@H]1O. The first-order valence-electron chi connectivity index (χ1n) is 26.6. The zero-order valence-electron chi connectivity index (χ0n) is 44.7. The fraction of sp³-hybridized carbons (Fsp3) is 0.957. The summed E-state index contributed by atoms with van der Waals surface area (Å²) in [5, 5.41) is 230. The van der Waals surface area contributed by atoms with Crippen molar-refractivity contribution in [2.45, 2.75) is 229 Å². The molecule has 38 nitrogen and oxygen atoms in total. The maximum absolute atomic E-state index is 12.5. The summed E-state index contributed by atoms with van der Waals surface area (Å²) in [5.41, 5.74) is 0.